The number of amides is 1. The fourth-order valence-electron chi connectivity index (χ4n) is 2.18. The van der Waals surface area contributed by atoms with Crippen molar-refractivity contribution in [3.8, 4) is 5.75 Å². The number of esters is 1. The number of hydrogen-bond donors (Lipinski definition) is 2. The van der Waals surface area contributed by atoms with E-state index in [0.717, 1.165) is 11.1 Å². The molecule has 0 bridgehead atoms. The highest BCUT2D eigenvalue weighted by atomic mass is 16.5. The number of carbonyl (C=O) groups is 2. The Morgan fingerprint density at radius 2 is 1.79 bits per heavy atom. The summed E-state index contributed by atoms with van der Waals surface area (Å²) in [6.07, 6.45) is -0.851. The quantitative estimate of drug-likeness (QED) is 0.827. The molecule has 1 atom stereocenters. The molecule has 2 rings (SSSR count). The normalized spacial score (nSPS) is 11.6. The molecule has 2 aromatic rings. The number of benzene rings is 2. The fourth-order valence-corrected chi connectivity index (χ4v) is 2.18. The van der Waals surface area contributed by atoms with Gasteiger partial charge in [0.25, 0.3) is 5.91 Å². The third-order valence-corrected chi connectivity index (χ3v) is 3.61. The molecule has 0 radical (unpaired) electrons. The second-order valence-corrected chi connectivity index (χ2v) is 5.78. The molecule has 0 heterocycles. The van der Waals surface area contributed by atoms with E-state index in [4.69, 9.17) is 4.74 Å². The van der Waals surface area contributed by atoms with Crippen molar-refractivity contribution in [2.75, 3.05) is 5.32 Å². The highest BCUT2D eigenvalue weighted by molar-refractivity contribution is 5.95. The predicted molar refractivity (Wildman–Crippen MR) is 91.9 cm³/mol. The number of ether oxygens (including phenoxy) is 1. The van der Waals surface area contributed by atoms with Crippen LogP contribution in [0.25, 0.3) is 0 Å². The number of phenolic OH excluding ortho intramolecular Hbond substituents is 1. The molecule has 0 aliphatic carbocycles. The summed E-state index contributed by atoms with van der Waals surface area (Å²) in [5, 5.41) is 12.0. The number of phenols is 1. The largest absolute Gasteiger partial charge is 0.508 e. The van der Waals surface area contributed by atoms with E-state index in [9.17, 15) is 14.7 Å². The van der Waals surface area contributed by atoms with Crippen LogP contribution in [0.5, 0.6) is 5.75 Å². The molecule has 0 saturated carbocycles. The summed E-state index contributed by atoms with van der Waals surface area (Å²) < 4.78 is 5.18. The van der Waals surface area contributed by atoms with Gasteiger partial charge in [0.05, 0.1) is 6.42 Å². The van der Waals surface area contributed by atoms with Gasteiger partial charge in [-0.05, 0) is 55.7 Å². The Morgan fingerprint density at radius 3 is 2.46 bits per heavy atom. The van der Waals surface area contributed by atoms with E-state index >= 15 is 0 Å². The van der Waals surface area contributed by atoms with Crippen molar-refractivity contribution in [1.29, 1.82) is 0 Å². The molecule has 0 saturated heterocycles. The van der Waals surface area contributed by atoms with Gasteiger partial charge in [0.15, 0.2) is 6.10 Å². The third-order valence-electron chi connectivity index (χ3n) is 3.61. The van der Waals surface area contributed by atoms with Gasteiger partial charge in [0.1, 0.15) is 5.75 Å². The number of nitrogens with one attached hydrogen (secondary N) is 1. The van der Waals surface area contributed by atoms with Crippen LogP contribution in [-0.2, 0) is 20.7 Å². The van der Waals surface area contributed by atoms with Crippen LogP contribution >= 0.6 is 0 Å². The maximum absolute atomic E-state index is 12.2. The summed E-state index contributed by atoms with van der Waals surface area (Å²) in [7, 11) is 0. The zero-order chi connectivity index (χ0) is 17.7. The number of hydrogen-bond acceptors (Lipinski definition) is 4. The molecular formula is C19H21NO4. The lowest BCUT2D eigenvalue weighted by Crippen LogP contribution is -2.30. The van der Waals surface area contributed by atoms with Gasteiger partial charge < -0.3 is 15.2 Å². The van der Waals surface area contributed by atoms with Crippen molar-refractivity contribution in [2.24, 2.45) is 0 Å². The van der Waals surface area contributed by atoms with Crippen LogP contribution in [0.4, 0.5) is 5.69 Å². The van der Waals surface area contributed by atoms with Gasteiger partial charge in [-0.15, -0.1) is 0 Å². The Kier molecular flexibility index (Phi) is 5.58. The minimum absolute atomic E-state index is 0.0430. The first-order valence-corrected chi connectivity index (χ1v) is 7.70. The Hall–Kier alpha value is -2.82. The summed E-state index contributed by atoms with van der Waals surface area (Å²) in [4.78, 5) is 24.1. The van der Waals surface area contributed by atoms with Crippen molar-refractivity contribution in [1.82, 2.24) is 0 Å². The Balaban J connectivity index is 1.92. The summed E-state index contributed by atoms with van der Waals surface area (Å²) in [6, 6.07) is 12.0. The van der Waals surface area contributed by atoms with Crippen molar-refractivity contribution in [3.63, 3.8) is 0 Å². The van der Waals surface area contributed by atoms with E-state index in [1.54, 1.807) is 12.1 Å². The van der Waals surface area contributed by atoms with Crippen LogP contribution in [0.1, 0.15) is 23.6 Å². The lowest BCUT2D eigenvalue weighted by Gasteiger charge is -2.15. The smallest absolute Gasteiger partial charge is 0.311 e. The zero-order valence-corrected chi connectivity index (χ0v) is 14.0. The monoisotopic (exact) mass is 327 g/mol. The third kappa shape index (κ3) is 4.84. The molecule has 24 heavy (non-hydrogen) atoms. The molecule has 126 valence electrons. The Labute approximate surface area is 141 Å². The van der Waals surface area contributed by atoms with E-state index in [-0.39, 0.29) is 18.1 Å². The van der Waals surface area contributed by atoms with E-state index < -0.39 is 12.1 Å². The molecule has 0 unspecified atom stereocenters. The van der Waals surface area contributed by atoms with E-state index in [0.29, 0.717) is 11.3 Å². The minimum Gasteiger partial charge on any atom is -0.508 e. The predicted octanol–water partition coefficient (Wildman–Crippen LogP) is 3.12. The highest BCUT2D eigenvalue weighted by Gasteiger charge is 2.18. The van der Waals surface area contributed by atoms with Crippen LogP contribution in [0.2, 0.25) is 0 Å². The van der Waals surface area contributed by atoms with E-state index in [2.05, 4.69) is 5.32 Å². The highest BCUT2D eigenvalue weighted by Crippen LogP contribution is 2.17. The average Bonchev–Trinajstić information content (AvgIpc) is 2.53. The van der Waals surface area contributed by atoms with Gasteiger partial charge in [-0.3, -0.25) is 9.59 Å². The Morgan fingerprint density at radius 1 is 1.12 bits per heavy atom. The zero-order valence-electron chi connectivity index (χ0n) is 14.0. The first-order valence-electron chi connectivity index (χ1n) is 7.70. The van der Waals surface area contributed by atoms with Crippen LogP contribution in [0.3, 0.4) is 0 Å². The summed E-state index contributed by atoms with van der Waals surface area (Å²) in [5.41, 5.74) is 3.39. The standard InChI is InChI=1S/C19H21NO4/c1-12-4-5-13(2)17(10-12)20-19(23)14(3)24-18(22)11-15-6-8-16(21)9-7-15/h4-10,14,21H,11H2,1-3H3,(H,20,23)/t14-/m1/s1. The van der Waals surface area contributed by atoms with Crippen molar-refractivity contribution in [2.45, 2.75) is 33.3 Å². The summed E-state index contributed by atoms with van der Waals surface area (Å²) >= 11 is 0. The molecule has 0 aliphatic heterocycles. The molecule has 0 spiro atoms. The summed E-state index contributed by atoms with van der Waals surface area (Å²) in [5.74, 6) is -0.736. The molecule has 0 aromatic heterocycles. The number of aryl methyl sites for hydroxylation is 2. The van der Waals surface area contributed by atoms with E-state index in [1.807, 2.05) is 32.0 Å². The average molecular weight is 327 g/mol. The second-order valence-electron chi connectivity index (χ2n) is 5.78. The second kappa shape index (κ2) is 7.64. The van der Waals surface area contributed by atoms with Crippen LogP contribution < -0.4 is 5.32 Å². The molecular weight excluding hydrogens is 306 g/mol. The maximum atomic E-state index is 12.2. The van der Waals surface area contributed by atoms with Gasteiger partial charge in [0.2, 0.25) is 0 Å². The van der Waals surface area contributed by atoms with E-state index in [1.165, 1.54) is 19.1 Å². The SMILES string of the molecule is Cc1ccc(C)c(NC(=O)[C@@H](C)OC(=O)Cc2ccc(O)cc2)c1. The molecule has 2 aromatic carbocycles. The minimum atomic E-state index is -0.894. The van der Waals surface area contributed by atoms with Crippen molar-refractivity contribution in [3.05, 3.63) is 59.2 Å². The first-order chi connectivity index (χ1) is 11.3. The van der Waals surface area contributed by atoms with Crippen LogP contribution in [0, 0.1) is 13.8 Å². The van der Waals surface area contributed by atoms with Gasteiger partial charge in [-0.25, -0.2) is 0 Å². The van der Waals surface area contributed by atoms with Crippen LogP contribution in [-0.4, -0.2) is 23.1 Å². The molecule has 0 fully saturated rings. The molecule has 0 aliphatic rings. The van der Waals surface area contributed by atoms with Gasteiger partial charge in [-0.2, -0.15) is 0 Å². The molecule has 5 nitrogen and oxygen atoms in total. The lowest BCUT2D eigenvalue weighted by molar-refractivity contribution is -0.152. The van der Waals surface area contributed by atoms with Gasteiger partial charge in [-0.1, -0.05) is 24.3 Å². The van der Waals surface area contributed by atoms with Gasteiger partial charge in [0, 0.05) is 5.69 Å². The topological polar surface area (TPSA) is 75.6 Å². The number of anilines is 1. The fraction of sp³-hybridized carbons (Fsp3) is 0.263. The summed E-state index contributed by atoms with van der Waals surface area (Å²) in [6.45, 7) is 5.38. The number of rotatable bonds is 5. The lowest BCUT2D eigenvalue weighted by atomic mass is 10.1. The first kappa shape index (κ1) is 17.5. The molecule has 2 N–H and O–H groups in total. The van der Waals surface area contributed by atoms with Crippen molar-refractivity contribution < 1.29 is 19.4 Å². The number of aromatic hydroxyl groups is 1. The maximum Gasteiger partial charge on any atom is 0.311 e. The number of carbonyl (C=O) groups excluding carboxylic acids is 2. The molecule has 1 amide bonds. The van der Waals surface area contributed by atoms with Gasteiger partial charge >= 0.3 is 5.97 Å². The Bertz CT molecular complexity index is 738. The van der Waals surface area contributed by atoms with Crippen LogP contribution in [0.15, 0.2) is 42.5 Å². The van der Waals surface area contributed by atoms with Crippen molar-refractivity contribution >= 4 is 17.6 Å². The molecule has 5 heteroatoms.